The average Bonchev–Trinajstić information content (AvgIpc) is 1.96. The van der Waals surface area contributed by atoms with Gasteiger partial charge in [-0.15, -0.1) is 0 Å². The highest BCUT2D eigenvalue weighted by Crippen LogP contribution is 2.26. The summed E-state index contributed by atoms with van der Waals surface area (Å²) in [4.78, 5) is 0. The first-order valence-corrected chi connectivity index (χ1v) is 4.79. The van der Waals surface area contributed by atoms with Crippen LogP contribution in [0.25, 0.3) is 0 Å². The molecule has 1 N–H and O–H groups in total. The lowest BCUT2D eigenvalue weighted by Crippen LogP contribution is -1.84. The van der Waals surface area contributed by atoms with Crippen LogP contribution in [0.4, 0.5) is 4.39 Å². The van der Waals surface area contributed by atoms with Crippen LogP contribution in [0.5, 0.6) is 5.75 Å². The van der Waals surface area contributed by atoms with Crippen molar-refractivity contribution < 1.29 is 9.50 Å². The SMILES string of the molecule is Oc1cc(F)c(Br)c(CBr)c1. The normalized spacial score (nSPS) is 10.1. The van der Waals surface area contributed by atoms with Crippen LogP contribution in [-0.4, -0.2) is 5.11 Å². The Hall–Kier alpha value is -0.0900. The molecule has 0 saturated carbocycles. The van der Waals surface area contributed by atoms with Crippen molar-refractivity contribution in [1.29, 1.82) is 0 Å². The highest BCUT2D eigenvalue weighted by atomic mass is 79.9. The van der Waals surface area contributed by atoms with E-state index in [4.69, 9.17) is 5.11 Å². The molecule has 0 unspecified atom stereocenters. The number of hydrogen-bond acceptors (Lipinski definition) is 1. The van der Waals surface area contributed by atoms with Crippen LogP contribution in [0.3, 0.4) is 0 Å². The number of aromatic hydroxyl groups is 1. The maximum atomic E-state index is 12.8. The predicted octanol–water partition coefficient (Wildman–Crippen LogP) is 3.19. The standard InChI is InChI=1S/C7H5Br2FO/c8-3-4-1-5(11)2-6(10)7(4)9/h1-2,11H,3H2. The van der Waals surface area contributed by atoms with Crippen molar-refractivity contribution in [3.63, 3.8) is 0 Å². The molecule has 0 aliphatic carbocycles. The van der Waals surface area contributed by atoms with Gasteiger partial charge in [-0.05, 0) is 27.6 Å². The van der Waals surface area contributed by atoms with E-state index in [2.05, 4.69) is 31.9 Å². The zero-order valence-electron chi connectivity index (χ0n) is 5.44. The van der Waals surface area contributed by atoms with Crippen molar-refractivity contribution in [2.75, 3.05) is 0 Å². The maximum Gasteiger partial charge on any atom is 0.141 e. The van der Waals surface area contributed by atoms with Crippen molar-refractivity contribution in [1.82, 2.24) is 0 Å². The number of hydrogen-bond donors (Lipinski definition) is 1. The number of halogens is 3. The molecule has 0 fully saturated rings. The Bertz CT molecular complexity index is 275. The fourth-order valence-electron chi connectivity index (χ4n) is 0.727. The molecule has 0 saturated heterocycles. The fourth-order valence-corrected chi connectivity index (χ4v) is 1.91. The minimum absolute atomic E-state index is 0.0554. The molecule has 0 radical (unpaired) electrons. The third-order valence-corrected chi connectivity index (χ3v) is 2.72. The van der Waals surface area contributed by atoms with Gasteiger partial charge < -0.3 is 5.11 Å². The summed E-state index contributed by atoms with van der Waals surface area (Å²) in [6.07, 6.45) is 0. The van der Waals surface area contributed by atoms with Gasteiger partial charge in [0, 0.05) is 11.4 Å². The summed E-state index contributed by atoms with van der Waals surface area (Å²) >= 11 is 6.23. The summed E-state index contributed by atoms with van der Waals surface area (Å²) in [5, 5.41) is 9.48. The second-order valence-electron chi connectivity index (χ2n) is 2.03. The lowest BCUT2D eigenvalue weighted by Gasteiger charge is -2.01. The van der Waals surface area contributed by atoms with E-state index >= 15 is 0 Å². The highest BCUT2D eigenvalue weighted by Gasteiger charge is 2.06. The molecule has 1 aromatic carbocycles. The van der Waals surface area contributed by atoms with Gasteiger partial charge in [-0.1, -0.05) is 15.9 Å². The molecule has 1 aromatic rings. The van der Waals surface area contributed by atoms with Crippen molar-refractivity contribution in [3.05, 3.63) is 28.0 Å². The first kappa shape index (κ1) is 9.00. The number of alkyl halides is 1. The first-order valence-electron chi connectivity index (χ1n) is 2.88. The summed E-state index contributed by atoms with van der Waals surface area (Å²) in [5.41, 5.74) is 0.697. The number of rotatable bonds is 1. The Labute approximate surface area is 80.5 Å². The van der Waals surface area contributed by atoms with E-state index in [0.717, 1.165) is 6.07 Å². The van der Waals surface area contributed by atoms with E-state index in [1.807, 2.05) is 0 Å². The second kappa shape index (κ2) is 3.54. The summed E-state index contributed by atoms with van der Waals surface area (Å²) in [6.45, 7) is 0. The van der Waals surface area contributed by atoms with E-state index in [0.29, 0.717) is 15.4 Å². The van der Waals surface area contributed by atoms with Gasteiger partial charge in [0.1, 0.15) is 11.6 Å². The molecule has 0 spiro atoms. The molecule has 11 heavy (non-hydrogen) atoms. The van der Waals surface area contributed by atoms with Crippen LogP contribution in [0.2, 0.25) is 0 Å². The molecule has 1 rings (SSSR count). The molecule has 0 amide bonds. The van der Waals surface area contributed by atoms with Crippen molar-refractivity contribution in [3.8, 4) is 5.75 Å². The van der Waals surface area contributed by atoms with Crippen molar-refractivity contribution in [2.45, 2.75) is 5.33 Å². The molecule has 0 aliphatic rings. The van der Waals surface area contributed by atoms with E-state index in [9.17, 15) is 4.39 Å². The molecular formula is C7H5Br2FO. The van der Waals surface area contributed by atoms with Crippen LogP contribution in [-0.2, 0) is 5.33 Å². The van der Waals surface area contributed by atoms with E-state index in [1.54, 1.807) is 0 Å². The average molecular weight is 284 g/mol. The topological polar surface area (TPSA) is 20.2 Å². The molecule has 0 heterocycles. The fraction of sp³-hybridized carbons (Fsp3) is 0.143. The molecular weight excluding hydrogens is 279 g/mol. The summed E-state index contributed by atoms with van der Waals surface area (Å²) in [6, 6.07) is 2.57. The van der Waals surface area contributed by atoms with E-state index in [1.165, 1.54) is 6.07 Å². The second-order valence-corrected chi connectivity index (χ2v) is 3.39. The third-order valence-electron chi connectivity index (χ3n) is 1.23. The maximum absolute atomic E-state index is 12.8. The molecule has 1 nitrogen and oxygen atoms in total. The van der Waals surface area contributed by atoms with Gasteiger partial charge >= 0.3 is 0 Å². The Morgan fingerprint density at radius 1 is 1.45 bits per heavy atom. The zero-order chi connectivity index (χ0) is 8.43. The molecule has 0 atom stereocenters. The lowest BCUT2D eigenvalue weighted by atomic mass is 10.2. The largest absolute Gasteiger partial charge is 0.508 e. The molecule has 60 valence electrons. The number of phenolic OH excluding ortho intramolecular Hbond substituents is 1. The van der Waals surface area contributed by atoms with Crippen molar-refractivity contribution in [2.24, 2.45) is 0 Å². The molecule has 0 aromatic heterocycles. The van der Waals surface area contributed by atoms with Crippen LogP contribution in [0, 0.1) is 5.82 Å². The Morgan fingerprint density at radius 3 is 2.64 bits per heavy atom. The minimum atomic E-state index is -0.445. The molecule has 0 bridgehead atoms. The molecule has 0 aliphatic heterocycles. The zero-order valence-corrected chi connectivity index (χ0v) is 8.61. The monoisotopic (exact) mass is 282 g/mol. The van der Waals surface area contributed by atoms with Gasteiger partial charge in [-0.2, -0.15) is 0 Å². The van der Waals surface area contributed by atoms with Gasteiger partial charge in [-0.25, -0.2) is 4.39 Å². The van der Waals surface area contributed by atoms with Crippen LogP contribution in [0.1, 0.15) is 5.56 Å². The summed E-state index contributed by atoms with van der Waals surface area (Å²) in [7, 11) is 0. The quantitative estimate of drug-likeness (QED) is 0.785. The minimum Gasteiger partial charge on any atom is -0.508 e. The number of phenols is 1. The van der Waals surface area contributed by atoms with Crippen LogP contribution in [0.15, 0.2) is 16.6 Å². The van der Waals surface area contributed by atoms with Gasteiger partial charge in [0.25, 0.3) is 0 Å². The smallest absolute Gasteiger partial charge is 0.141 e. The third kappa shape index (κ3) is 1.93. The van der Waals surface area contributed by atoms with Gasteiger partial charge in [0.05, 0.1) is 4.47 Å². The highest BCUT2D eigenvalue weighted by molar-refractivity contribution is 9.10. The Balaban J connectivity index is 3.24. The van der Waals surface area contributed by atoms with E-state index < -0.39 is 5.82 Å². The Morgan fingerprint density at radius 2 is 2.09 bits per heavy atom. The van der Waals surface area contributed by atoms with Gasteiger partial charge in [0.2, 0.25) is 0 Å². The Kier molecular flexibility index (Phi) is 2.90. The first-order chi connectivity index (χ1) is 5.15. The van der Waals surface area contributed by atoms with Crippen LogP contribution < -0.4 is 0 Å². The van der Waals surface area contributed by atoms with Crippen LogP contribution >= 0.6 is 31.9 Å². The van der Waals surface area contributed by atoms with Gasteiger partial charge in [0.15, 0.2) is 0 Å². The van der Waals surface area contributed by atoms with E-state index in [-0.39, 0.29) is 5.75 Å². The predicted molar refractivity (Wildman–Crippen MR) is 48.4 cm³/mol. The summed E-state index contributed by atoms with van der Waals surface area (Å²) < 4.78 is 13.2. The van der Waals surface area contributed by atoms with Gasteiger partial charge in [-0.3, -0.25) is 0 Å². The summed E-state index contributed by atoms with van der Waals surface area (Å²) in [5.74, 6) is -0.500. The molecule has 4 heteroatoms. The number of benzene rings is 1. The van der Waals surface area contributed by atoms with Crippen molar-refractivity contribution >= 4 is 31.9 Å². The lowest BCUT2D eigenvalue weighted by molar-refractivity contribution is 0.468.